The maximum absolute atomic E-state index is 11.6. The molecule has 1 heterocycles. The van der Waals surface area contributed by atoms with Gasteiger partial charge in [0.15, 0.2) is 0 Å². The van der Waals surface area contributed by atoms with E-state index in [-0.39, 0.29) is 5.56 Å². The molecular weight excluding hydrogens is 238 g/mol. The lowest BCUT2D eigenvalue weighted by molar-refractivity contribution is 0.462. The fourth-order valence-electron chi connectivity index (χ4n) is 2.09. The highest BCUT2D eigenvalue weighted by Gasteiger charge is 2.10. The van der Waals surface area contributed by atoms with Gasteiger partial charge in [0, 0.05) is 19.3 Å². The van der Waals surface area contributed by atoms with Crippen molar-refractivity contribution < 1.29 is 5.11 Å². The van der Waals surface area contributed by atoms with Gasteiger partial charge in [-0.05, 0) is 41.2 Å². The van der Waals surface area contributed by atoms with E-state index in [4.69, 9.17) is 0 Å². The molecule has 3 nitrogen and oxygen atoms in total. The van der Waals surface area contributed by atoms with Crippen molar-refractivity contribution in [3.05, 3.63) is 52.4 Å². The summed E-state index contributed by atoms with van der Waals surface area (Å²) in [4.78, 5) is 11.6. The van der Waals surface area contributed by atoms with E-state index in [0.29, 0.717) is 11.7 Å². The molecule has 0 aliphatic rings. The molecular formula is C16H19NO2. The number of phenolic OH excluding ortho intramolecular Hbond substituents is 1. The SMILES string of the molecule is CCC(C)c1ccc(-c2ccn(C)c(=O)c2)cc1O. The number of aromatic nitrogens is 1. The van der Waals surface area contributed by atoms with Crippen molar-refractivity contribution in [2.24, 2.45) is 7.05 Å². The summed E-state index contributed by atoms with van der Waals surface area (Å²) < 4.78 is 1.52. The Balaban J connectivity index is 2.44. The van der Waals surface area contributed by atoms with E-state index >= 15 is 0 Å². The highest BCUT2D eigenvalue weighted by Crippen LogP contribution is 2.31. The summed E-state index contributed by atoms with van der Waals surface area (Å²) in [7, 11) is 1.72. The number of benzene rings is 1. The molecule has 1 aromatic heterocycles. The molecule has 0 spiro atoms. The Labute approximate surface area is 113 Å². The summed E-state index contributed by atoms with van der Waals surface area (Å²) in [6, 6.07) is 9.08. The molecule has 1 atom stereocenters. The minimum Gasteiger partial charge on any atom is -0.508 e. The first-order valence-corrected chi connectivity index (χ1v) is 6.53. The Bertz CT molecular complexity index is 643. The lowest BCUT2D eigenvalue weighted by Gasteiger charge is -2.12. The maximum Gasteiger partial charge on any atom is 0.250 e. The van der Waals surface area contributed by atoms with E-state index in [9.17, 15) is 9.90 Å². The van der Waals surface area contributed by atoms with Crippen molar-refractivity contribution in [1.29, 1.82) is 0 Å². The molecule has 2 rings (SSSR count). The van der Waals surface area contributed by atoms with Crippen LogP contribution in [0.25, 0.3) is 11.1 Å². The van der Waals surface area contributed by atoms with E-state index in [0.717, 1.165) is 23.1 Å². The van der Waals surface area contributed by atoms with Gasteiger partial charge in [-0.25, -0.2) is 0 Å². The van der Waals surface area contributed by atoms with E-state index in [1.807, 2.05) is 18.2 Å². The third-order valence-corrected chi connectivity index (χ3v) is 3.61. The second kappa shape index (κ2) is 5.31. The van der Waals surface area contributed by atoms with Gasteiger partial charge in [0.25, 0.3) is 5.56 Å². The van der Waals surface area contributed by atoms with Gasteiger partial charge in [-0.15, -0.1) is 0 Å². The van der Waals surface area contributed by atoms with Crippen LogP contribution in [0.3, 0.4) is 0 Å². The molecule has 3 heteroatoms. The van der Waals surface area contributed by atoms with Crippen LogP contribution in [-0.4, -0.2) is 9.67 Å². The van der Waals surface area contributed by atoms with Crippen LogP contribution in [-0.2, 0) is 7.05 Å². The summed E-state index contributed by atoms with van der Waals surface area (Å²) in [6.45, 7) is 4.19. The van der Waals surface area contributed by atoms with Crippen LogP contribution in [0.15, 0.2) is 41.3 Å². The molecule has 100 valence electrons. The molecule has 0 amide bonds. The number of phenols is 1. The second-order valence-corrected chi connectivity index (χ2v) is 4.95. The maximum atomic E-state index is 11.6. The predicted octanol–water partition coefficient (Wildman–Crippen LogP) is 3.27. The topological polar surface area (TPSA) is 42.2 Å². The summed E-state index contributed by atoms with van der Waals surface area (Å²) in [5.74, 6) is 0.630. The lowest BCUT2D eigenvalue weighted by atomic mass is 9.95. The van der Waals surface area contributed by atoms with Crippen molar-refractivity contribution >= 4 is 0 Å². The van der Waals surface area contributed by atoms with Gasteiger partial charge in [0.1, 0.15) is 5.75 Å². The minimum absolute atomic E-state index is 0.0528. The average Bonchev–Trinajstić information content (AvgIpc) is 2.41. The second-order valence-electron chi connectivity index (χ2n) is 4.95. The first-order valence-electron chi connectivity index (χ1n) is 6.53. The van der Waals surface area contributed by atoms with Gasteiger partial charge in [0.05, 0.1) is 0 Å². The van der Waals surface area contributed by atoms with Crippen LogP contribution in [0.4, 0.5) is 0 Å². The van der Waals surface area contributed by atoms with E-state index in [1.165, 1.54) is 4.57 Å². The Morgan fingerprint density at radius 3 is 2.47 bits per heavy atom. The third kappa shape index (κ3) is 2.70. The fraction of sp³-hybridized carbons (Fsp3) is 0.312. The largest absolute Gasteiger partial charge is 0.508 e. The molecule has 0 aliphatic heterocycles. The normalized spacial score (nSPS) is 12.4. The zero-order valence-electron chi connectivity index (χ0n) is 11.6. The van der Waals surface area contributed by atoms with Crippen LogP contribution < -0.4 is 5.56 Å². The first kappa shape index (κ1) is 13.4. The van der Waals surface area contributed by atoms with Crippen molar-refractivity contribution in [3.63, 3.8) is 0 Å². The Morgan fingerprint density at radius 2 is 1.89 bits per heavy atom. The molecule has 1 N–H and O–H groups in total. The van der Waals surface area contributed by atoms with Crippen molar-refractivity contribution in [3.8, 4) is 16.9 Å². The lowest BCUT2D eigenvalue weighted by Crippen LogP contribution is -2.14. The zero-order valence-corrected chi connectivity index (χ0v) is 11.6. The van der Waals surface area contributed by atoms with Crippen molar-refractivity contribution in [2.75, 3.05) is 0 Å². The van der Waals surface area contributed by atoms with Crippen LogP contribution in [0.2, 0.25) is 0 Å². The third-order valence-electron chi connectivity index (χ3n) is 3.61. The van der Waals surface area contributed by atoms with Gasteiger partial charge < -0.3 is 9.67 Å². The Hall–Kier alpha value is -2.03. The number of rotatable bonds is 3. The molecule has 0 saturated carbocycles. The smallest absolute Gasteiger partial charge is 0.250 e. The molecule has 0 aliphatic carbocycles. The molecule has 1 unspecified atom stereocenters. The van der Waals surface area contributed by atoms with Gasteiger partial charge in [-0.1, -0.05) is 26.0 Å². The van der Waals surface area contributed by atoms with Crippen LogP contribution in [0, 0.1) is 0 Å². The summed E-state index contributed by atoms with van der Waals surface area (Å²) in [6.07, 6.45) is 2.72. The Kier molecular flexibility index (Phi) is 3.74. The predicted molar refractivity (Wildman–Crippen MR) is 77.5 cm³/mol. The number of nitrogens with zero attached hydrogens (tertiary/aromatic N) is 1. The summed E-state index contributed by atoms with van der Waals surface area (Å²) in [5, 5.41) is 10.1. The van der Waals surface area contributed by atoms with E-state index in [1.54, 1.807) is 25.4 Å². The quantitative estimate of drug-likeness (QED) is 0.917. The standard InChI is InChI=1S/C16H19NO2/c1-4-11(2)14-6-5-12(9-15(14)18)13-7-8-17(3)16(19)10-13/h5-11,18H,4H2,1-3H3. The molecule has 0 fully saturated rings. The first-order chi connectivity index (χ1) is 9.02. The monoisotopic (exact) mass is 257 g/mol. The molecule has 0 saturated heterocycles. The minimum atomic E-state index is -0.0528. The number of hydrogen-bond donors (Lipinski definition) is 1. The van der Waals surface area contributed by atoms with Gasteiger partial charge >= 0.3 is 0 Å². The number of aryl methyl sites for hydroxylation is 1. The fourth-order valence-corrected chi connectivity index (χ4v) is 2.09. The number of hydrogen-bond acceptors (Lipinski definition) is 2. The van der Waals surface area contributed by atoms with E-state index < -0.39 is 0 Å². The highest BCUT2D eigenvalue weighted by atomic mass is 16.3. The summed E-state index contributed by atoms with van der Waals surface area (Å²) >= 11 is 0. The van der Waals surface area contributed by atoms with E-state index in [2.05, 4.69) is 13.8 Å². The zero-order chi connectivity index (χ0) is 14.0. The molecule has 0 bridgehead atoms. The van der Waals surface area contributed by atoms with Crippen LogP contribution in [0.5, 0.6) is 5.75 Å². The highest BCUT2D eigenvalue weighted by molar-refractivity contribution is 5.65. The molecule has 19 heavy (non-hydrogen) atoms. The molecule has 1 aromatic carbocycles. The number of aromatic hydroxyl groups is 1. The number of pyridine rings is 1. The van der Waals surface area contributed by atoms with Gasteiger partial charge in [-0.2, -0.15) is 0 Å². The van der Waals surface area contributed by atoms with Crippen molar-refractivity contribution in [1.82, 2.24) is 4.57 Å². The van der Waals surface area contributed by atoms with Crippen molar-refractivity contribution in [2.45, 2.75) is 26.2 Å². The molecule has 0 radical (unpaired) electrons. The van der Waals surface area contributed by atoms with Gasteiger partial charge in [0.2, 0.25) is 0 Å². The van der Waals surface area contributed by atoms with Gasteiger partial charge in [-0.3, -0.25) is 4.79 Å². The average molecular weight is 257 g/mol. The van der Waals surface area contributed by atoms with Crippen LogP contribution in [0.1, 0.15) is 31.7 Å². The molecule has 2 aromatic rings. The van der Waals surface area contributed by atoms with Crippen LogP contribution >= 0.6 is 0 Å². The summed E-state index contributed by atoms with van der Waals surface area (Å²) in [5.41, 5.74) is 2.59. The Morgan fingerprint density at radius 1 is 1.21 bits per heavy atom.